The minimum Gasteiger partial charge on any atom is -0.488 e. The summed E-state index contributed by atoms with van der Waals surface area (Å²) in [6, 6.07) is 14.3. The molecule has 0 spiro atoms. The number of ether oxygens (including phenoxy) is 1. The first-order valence-corrected chi connectivity index (χ1v) is 11.1. The molecule has 0 aliphatic rings. The second kappa shape index (κ2) is 9.36. The number of hydrogen-bond donors (Lipinski definition) is 1. The summed E-state index contributed by atoms with van der Waals surface area (Å²) in [5.41, 5.74) is 4.88. The zero-order valence-electron chi connectivity index (χ0n) is 18.2. The summed E-state index contributed by atoms with van der Waals surface area (Å²) >= 11 is 1.36. The van der Waals surface area contributed by atoms with Crippen LogP contribution in [0.25, 0.3) is 0 Å². The molecule has 0 unspecified atom stereocenters. The highest BCUT2D eigenvalue weighted by atomic mass is 32.1. The second-order valence-corrected chi connectivity index (χ2v) is 8.69. The zero-order chi connectivity index (χ0) is 22.7. The van der Waals surface area contributed by atoms with Gasteiger partial charge in [-0.15, -0.1) is 11.3 Å². The van der Waals surface area contributed by atoms with E-state index in [1.807, 2.05) is 25.3 Å². The Bertz CT molecular complexity index is 1240. The molecule has 164 valence electrons. The highest BCUT2D eigenvalue weighted by molar-refractivity contribution is 7.12. The second-order valence-electron chi connectivity index (χ2n) is 7.78. The number of nitrogens with zero attached hydrogens (tertiary/aromatic N) is 2. The van der Waals surface area contributed by atoms with Crippen molar-refractivity contribution in [2.45, 2.75) is 33.9 Å². The Morgan fingerprint density at radius 2 is 1.88 bits per heavy atom. The Morgan fingerprint density at radius 3 is 2.62 bits per heavy atom. The molecule has 5 nitrogen and oxygen atoms in total. The minimum absolute atomic E-state index is 0.236. The summed E-state index contributed by atoms with van der Waals surface area (Å²) in [7, 11) is 0. The van der Waals surface area contributed by atoms with E-state index in [0.717, 1.165) is 22.4 Å². The largest absolute Gasteiger partial charge is 0.488 e. The van der Waals surface area contributed by atoms with E-state index >= 15 is 0 Å². The third-order valence-electron chi connectivity index (χ3n) is 5.04. The number of benzene rings is 2. The molecule has 2 aromatic carbocycles. The molecule has 0 radical (unpaired) electrons. The predicted octanol–water partition coefficient (Wildman–Crippen LogP) is 5.89. The number of carbonyl (C=O) groups excluding carboxylic acids is 1. The highest BCUT2D eigenvalue weighted by Crippen LogP contribution is 2.26. The lowest BCUT2D eigenvalue weighted by molar-refractivity contribution is 0.103. The van der Waals surface area contributed by atoms with Crippen LogP contribution in [-0.2, 0) is 13.2 Å². The third-order valence-corrected chi connectivity index (χ3v) is 6.02. The van der Waals surface area contributed by atoms with E-state index in [1.165, 1.54) is 23.0 Å². The number of amides is 1. The van der Waals surface area contributed by atoms with Crippen LogP contribution >= 0.6 is 11.3 Å². The third kappa shape index (κ3) is 5.06. The van der Waals surface area contributed by atoms with E-state index in [0.29, 0.717) is 29.4 Å². The van der Waals surface area contributed by atoms with Gasteiger partial charge in [0.15, 0.2) is 5.82 Å². The Morgan fingerprint density at radius 1 is 1.12 bits per heavy atom. The first-order valence-electron chi connectivity index (χ1n) is 10.3. The van der Waals surface area contributed by atoms with E-state index in [2.05, 4.69) is 29.5 Å². The molecule has 0 fully saturated rings. The van der Waals surface area contributed by atoms with E-state index in [9.17, 15) is 9.18 Å². The van der Waals surface area contributed by atoms with Crippen LogP contribution in [0.5, 0.6) is 5.75 Å². The summed E-state index contributed by atoms with van der Waals surface area (Å²) in [6.07, 6.45) is 1.71. The number of thiophene rings is 1. The van der Waals surface area contributed by atoms with Gasteiger partial charge in [-0.3, -0.25) is 9.48 Å². The highest BCUT2D eigenvalue weighted by Gasteiger charge is 2.13. The molecule has 4 rings (SSSR count). The summed E-state index contributed by atoms with van der Waals surface area (Å²) in [6.45, 7) is 6.82. The van der Waals surface area contributed by atoms with E-state index in [1.54, 1.807) is 35.1 Å². The quantitative estimate of drug-likeness (QED) is 0.383. The lowest BCUT2D eigenvalue weighted by Gasteiger charge is -2.12. The van der Waals surface area contributed by atoms with Crippen molar-refractivity contribution in [3.05, 3.63) is 98.6 Å². The summed E-state index contributed by atoms with van der Waals surface area (Å²) in [5.74, 6) is 0.787. The molecule has 0 saturated carbocycles. The van der Waals surface area contributed by atoms with Crippen molar-refractivity contribution in [1.82, 2.24) is 9.78 Å². The standard InChI is InChI=1S/C25H24FN3O2S/c1-16-10-17(2)24(18(3)11-16)31-14-19-12-22(32-15-19)25(30)27-23-8-9-29(28-23)13-20-6-4-5-7-21(20)26/h4-12,15H,13-14H2,1-3H3,(H,27,28,30). The predicted molar refractivity (Wildman–Crippen MR) is 125 cm³/mol. The SMILES string of the molecule is Cc1cc(C)c(OCc2csc(C(=O)Nc3ccn(Cc4ccccc4F)n3)c2)c(C)c1. The number of rotatable bonds is 7. The van der Waals surface area contributed by atoms with E-state index in [4.69, 9.17) is 4.74 Å². The number of hydrogen-bond acceptors (Lipinski definition) is 4. The molecular weight excluding hydrogens is 425 g/mol. The fraction of sp³-hybridized carbons (Fsp3) is 0.200. The lowest BCUT2D eigenvalue weighted by Crippen LogP contribution is -2.11. The molecule has 0 aliphatic heterocycles. The van der Waals surface area contributed by atoms with Crippen LogP contribution in [0.2, 0.25) is 0 Å². The topological polar surface area (TPSA) is 56.1 Å². The molecule has 2 aromatic heterocycles. The summed E-state index contributed by atoms with van der Waals surface area (Å²) in [4.78, 5) is 13.2. The molecule has 1 N–H and O–H groups in total. The van der Waals surface area contributed by atoms with Crippen molar-refractivity contribution in [2.24, 2.45) is 0 Å². The van der Waals surface area contributed by atoms with Crippen LogP contribution in [0.4, 0.5) is 10.2 Å². The molecule has 0 aliphatic carbocycles. The van der Waals surface area contributed by atoms with Crippen LogP contribution in [0.15, 0.2) is 60.1 Å². The first kappa shape index (κ1) is 21.8. The molecule has 32 heavy (non-hydrogen) atoms. The van der Waals surface area contributed by atoms with Gasteiger partial charge in [0.2, 0.25) is 0 Å². The average Bonchev–Trinajstić information content (AvgIpc) is 3.38. The Balaban J connectivity index is 1.36. The van der Waals surface area contributed by atoms with Crippen molar-refractivity contribution < 1.29 is 13.9 Å². The maximum Gasteiger partial charge on any atom is 0.266 e. The van der Waals surface area contributed by atoms with Gasteiger partial charge in [0.05, 0.1) is 11.4 Å². The van der Waals surface area contributed by atoms with Crippen LogP contribution in [0.1, 0.15) is 37.5 Å². The number of nitrogens with one attached hydrogen (secondary N) is 1. The van der Waals surface area contributed by atoms with Crippen molar-refractivity contribution in [3.63, 3.8) is 0 Å². The monoisotopic (exact) mass is 449 g/mol. The molecule has 2 heterocycles. The molecule has 0 saturated heterocycles. The van der Waals surface area contributed by atoms with Crippen molar-refractivity contribution >= 4 is 23.1 Å². The van der Waals surface area contributed by atoms with Gasteiger partial charge < -0.3 is 10.1 Å². The number of anilines is 1. The van der Waals surface area contributed by atoms with Crippen LogP contribution < -0.4 is 10.1 Å². The molecule has 7 heteroatoms. The normalized spacial score (nSPS) is 10.9. The molecule has 4 aromatic rings. The Kier molecular flexibility index (Phi) is 6.37. The van der Waals surface area contributed by atoms with Crippen LogP contribution in [0, 0.1) is 26.6 Å². The molecule has 1 amide bonds. The summed E-state index contributed by atoms with van der Waals surface area (Å²) < 4.78 is 21.4. The van der Waals surface area contributed by atoms with Gasteiger partial charge in [0.1, 0.15) is 18.2 Å². The van der Waals surface area contributed by atoms with Gasteiger partial charge >= 0.3 is 0 Å². The van der Waals surface area contributed by atoms with Gasteiger partial charge in [0.25, 0.3) is 5.91 Å². The fourth-order valence-corrected chi connectivity index (χ4v) is 4.41. The summed E-state index contributed by atoms with van der Waals surface area (Å²) in [5, 5.41) is 9.04. The van der Waals surface area contributed by atoms with Crippen molar-refractivity contribution in [1.29, 1.82) is 0 Å². The fourth-order valence-electron chi connectivity index (χ4n) is 3.62. The smallest absolute Gasteiger partial charge is 0.266 e. The number of halogens is 1. The maximum absolute atomic E-state index is 13.8. The van der Waals surface area contributed by atoms with E-state index in [-0.39, 0.29) is 11.7 Å². The van der Waals surface area contributed by atoms with Gasteiger partial charge in [-0.1, -0.05) is 35.9 Å². The van der Waals surface area contributed by atoms with E-state index < -0.39 is 0 Å². The number of aryl methyl sites for hydroxylation is 3. The van der Waals surface area contributed by atoms with Crippen molar-refractivity contribution in [2.75, 3.05) is 5.32 Å². The van der Waals surface area contributed by atoms with Gasteiger partial charge in [-0.2, -0.15) is 5.10 Å². The zero-order valence-corrected chi connectivity index (χ0v) is 19.0. The average molecular weight is 450 g/mol. The van der Waals surface area contributed by atoms with Crippen molar-refractivity contribution in [3.8, 4) is 5.75 Å². The van der Waals surface area contributed by atoms with Gasteiger partial charge in [0, 0.05) is 23.4 Å². The first-order chi connectivity index (χ1) is 15.4. The van der Waals surface area contributed by atoms with Crippen LogP contribution in [0.3, 0.4) is 0 Å². The maximum atomic E-state index is 13.8. The van der Waals surface area contributed by atoms with Gasteiger partial charge in [-0.25, -0.2) is 4.39 Å². The molecule has 0 bridgehead atoms. The minimum atomic E-state index is -0.280. The van der Waals surface area contributed by atoms with Gasteiger partial charge in [-0.05, 0) is 49.4 Å². The Labute approximate surface area is 190 Å². The molecule has 0 atom stereocenters. The molecular formula is C25H24FN3O2S. The lowest BCUT2D eigenvalue weighted by atomic mass is 10.1. The Hall–Kier alpha value is -3.45. The number of carbonyl (C=O) groups is 1. The van der Waals surface area contributed by atoms with Crippen LogP contribution in [-0.4, -0.2) is 15.7 Å². The number of aromatic nitrogens is 2.